The van der Waals surface area contributed by atoms with Gasteiger partial charge in [0.2, 0.25) is 0 Å². The van der Waals surface area contributed by atoms with E-state index in [9.17, 15) is 13.2 Å². The number of carbonyl (C=O) groups excluding carboxylic acids is 1. The minimum atomic E-state index is -3.42. The Morgan fingerprint density at radius 3 is 2.71 bits per heavy atom. The molecule has 34 heavy (non-hydrogen) atoms. The van der Waals surface area contributed by atoms with Crippen molar-refractivity contribution in [2.75, 3.05) is 17.7 Å². The normalized spacial score (nSPS) is 16.2. The largest absolute Gasteiger partial charge is 0.453 e. The summed E-state index contributed by atoms with van der Waals surface area (Å²) in [5, 5.41) is -0.0287. The van der Waals surface area contributed by atoms with Crippen molar-refractivity contribution >= 4 is 32.3 Å². The highest BCUT2D eigenvalue weighted by Crippen LogP contribution is 2.39. The zero-order valence-corrected chi connectivity index (χ0v) is 19.5. The Bertz CT molecular complexity index is 1470. The van der Waals surface area contributed by atoms with Gasteiger partial charge < -0.3 is 14.6 Å². The number of sulfone groups is 1. The fourth-order valence-corrected chi connectivity index (χ4v) is 4.77. The number of nitrogens with zero attached hydrogens (tertiary/aromatic N) is 4. The maximum atomic E-state index is 12.3. The minimum Gasteiger partial charge on any atom is -0.453 e. The van der Waals surface area contributed by atoms with Gasteiger partial charge in [-0.15, -0.1) is 0 Å². The highest BCUT2D eigenvalue weighted by Gasteiger charge is 2.31. The van der Waals surface area contributed by atoms with E-state index in [1.807, 2.05) is 30.3 Å². The maximum Gasteiger partial charge on any atom is 0.192 e. The lowest BCUT2D eigenvalue weighted by molar-refractivity contribution is -0.118. The molecule has 1 unspecified atom stereocenters. The second kappa shape index (κ2) is 8.53. The van der Waals surface area contributed by atoms with Crippen LogP contribution >= 0.6 is 0 Å². The number of aromatic amines is 1. The Balaban J connectivity index is 1.59. The van der Waals surface area contributed by atoms with Gasteiger partial charge in [0.25, 0.3) is 0 Å². The van der Waals surface area contributed by atoms with E-state index in [4.69, 9.17) is 4.74 Å². The van der Waals surface area contributed by atoms with Gasteiger partial charge in [-0.1, -0.05) is 6.07 Å². The van der Waals surface area contributed by atoms with Crippen LogP contribution in [0.15, 0.2) is 59.9 Å². The fourth-order valence-electron chi connectivity index (χ4n) is 4.21. The summed E-state index contributed by atoms with van der Waals surface area (Å²) >= 11 is 0. The van der Waals surface area contributed by atoms with Crippen molar-refractivity contribution in [3.63, 3.8) is 0 Å². The molecule has 1 aliphatic heterocycles. The van der Waals surface area contributed by atoms with Gasteiger partial charge in [-0.2, -0.15) is 0 Å². The third-order valence-corrected chi connectivity index (χ3v) is 6.82. The van der Waals surface area contributed by atoms with Crippen LogP contribution in [0.2, 0.25) is 0 Å². The molecule has 1 saturated heterocycles. The molecule has 1 fully saturated rings. The van der Waals surface area contributed by atoms with Crippen LogP contribution in [0, 0.1) is 0 Å². The highest BCUT2D eigenvalue weighted by atomic mass is 32.2. The van der Waals surface area contributed by atoms with Gasteiger partial charge in [-0.3, -0.25) is 9.78 Å². The number of hydrogen-bond donors (Lipinski definition) is 1. The van der Waals surface area contributed by atoms with Crippen molar-refractivity contribution in [3.8, 4) is 23.0 Å². The van der Waals surface area contributed by atoms with Crippen LogP contribution in [0.4, 0.5) is 5.69 Å². The van der Waals surface area contributed by atoms with E-state index < -0.39 is 9.84 Å². The van der Waals surface area contributed by atoms with Gasteiger partial charge in [-0.25, -0.2) is 18.4 Å². The minimum absolute atomic E-state index is 0.0287. The fraction of sp³-hybridized carbons (Fsp3) is 0.250. The Morgan fingerprint density at radius 1 is 1.18 bits per heavy atom. The Hall–Kier alpha value is -3.79. The average Bonchev–Trinajstić information content (AvgIpc) is 3.46. The van der Waals surface area contributed by atoms with Crippen molar-refractivity contribution in [3.05, 3.63) is 54.9 Å². The molecule has 1 N–H and O–H groups in total. The molecule has 0 bridgehead atoms. The zero-order chi connectivity index (χ0) is 23.9. The molecule has 174 valence electrons. The lowest BCUT2D eigenvalue weighted by Gasteiger charge is -2.27. The molecule has 10 heteroatoms. The third-order valence-electron chi connectivity index (χ3n) is 5.82. The number of rotatable bonds is 6. The number of hydrogen-bond acceptors (Lipinski definition) is 8. The Kier molecular flexibility index (Phi) is 5.52. The summed E-state index contributed by atoms with van der Waals surface area (Å²) in [5.41, 5.74) is 2.95. The third kappa shape index (κ3) is 4.24. The lowest BCUT2D eigenvalue weighted by atomic mass is 10.1. The van der Waals surface area contributed by atoms with Crippen molar-refractivity contribution in [1.82, 2.24) is 19.9 Å². The summed E-state index contributed by atoms with van der Waals surface area (Å²) in [6.07, 6.45) is 5.86. The molecule has 9 nitrogen and oxygen atoms in total. The first kappa shape index (κ1) is 22.0. The van der Waals surface area contributed by atoms with Crippen molar-refractivity contribution in [2.24, 2.45) is 0 Å². The van der Waals surface area contributed by atoms with E-state index >= 15 is 0 Å². The standard InChI is InChI=1S/C24H23N5O4S/c1-15(30)20-7-5-11-29(20)21-12-18-19(28-24(27-18)17-6-3-4-10-25-17)13-22(21)33-16-8-9-23(26-14-16)34(2,31)32/h3-4,6,8-10,12-14,20H,5,7,11H2,1-2H3,(H,27,28). The number of H-pyrrole nitrogens is 1. The van der Waals surface area contributed by atoms with Gasteiger partial charge in [0, 0.05) is 25.1 Å². The van der Waals surface area contributed by atoms with E-state index in [0.717, 1.165) is 36.8 Å². The van der Waals surface area contributed by atoms with Crippen LogP contribution in [0.1, 0.15) is 19.8 Å². The number of carbonyl (C=O) groups is 1. The first-order chi connectivity index (χ1) is 16.3. The second-order valence-electron chi connectivity index (χ2n) is 8.31. The number of ether oxygens (including phenoxy) is 1. The van der Waals surface area contributed by atoms with Crippen molar-refractivity contribution in [2.45, 2.75) is 30.8 Å². The van der Waals surface area contributed by atoms with Gasteiger partial charge in [0.05, 0.1) is 29.0 Å². The molecule has 1 atom stereocenters. The molecule has 5 rings (SSSR count). The number of aromatic nitrogens is 4. The summed E-state index contributed by atoms with van der Waals surface area (Å²) < 4.78 is 29.6. The molecule has 4 aromatic rings. The second-order valence-corrected chi connectivity index (χ2v) is 10.3. The topological polar surface area (TPSA) is 118 Å². The van der Waals surface area contributed by atoms with Crippen LogP contribution in [-0.2, 0) is 14.6 Å². The quantitative estimate of drug-likeness (QED) is 0.446. The van der Waals surface area contributed by atoms with Crippen LogP contribution in [0.25, 0.3) is 22.6 Å². The van der Waals surface area contributed by atoms with Gasteiger partial charge in [-0.05, 0) is 50.1 Å². The first-order valence-electron chi connectivity index (χ1n) is 10.9. The maximum absolute atomic E-state index is 12.3. The molecule has 1 aromatic carbocycles. The molecular weight excluding hydrogens is 454 g/mol. The Labute approximate surface area is 196 Å². The molecule has 0 spiro atoms. The van der Waals surface area contributed by atoms with Crippen LogP contribution in [0.3, 0.4) is 0 Å². The summed E-state index contributed by atoms with van der Waals surface area (Å²) in [7, 11) is -3.42. The van der Waals surface area contributed by atoms with E-state index in [1.54, 1.807) is 19.2 Å². The predicted octanol–water partition coefficient (Wildman–Crippen LogP) is 3.77. The average molecular weight is 478 g/mol. The summed E-state index contributed by atoms with van der Waals surface area (Å²) in [6.45, 7) is 2.32. The van der Waals surface area contributed by atoms with Crippen molar-refractivity contribution < 1.29 is 17.9 Å². The molecule has 3 aromatic heterocycles. The summed E-state index contributed by atoms with van der Waals surface area (Å²) in [6, 6.07) is 12.1. The lowest BCUT2D eigenvalue weighted by Crippen LogP contribution is -2.34. The number of ketones is 1. The van der Waals surface area contributed by atoms with Crippen LogP contribution < -0.4 is 9.64 Å². The van der Waals surface area contributed by atoms with Crippen LogP contribution in [-0.4, -0.2) is 53.0 Å². The van der Waals surface area contributed by atoms with Crippen molar-refractivity contribution in [1.29, 1.82) is 0 Å². The number of benzene rings is 1. The molecule has 4 heterocycles. The van der Waals surface area contributed by atoms with Gasteiger partial charge in [0.15, 0.2) is 32.2 Å². The molecule has 0 radical (unpaired) electrons. The summed E-state index contributed by atoms with van der Waals surface area (Å²) in [4.78, 5) is 30.7. The highest BCUT2D eigenvalue weighted by molar-refractivity contribution is 7.90. The number of imidazole rings is 1. The number of nitrogens with one attached hydrogen (secondary N) is 1. The first-order valence-corrected chi connectivity index (χ1v) is 12.7. The number of fused-ring (bicyclic) bond motifs is 1. The van der Waals surface area contributed by atoms with E-state index in [-0.39, 0.29) is 16.9 Å². The molecule has 0 aliphatic carbocycles. The van der Waals surface area contributed by atoms with E-state index in [0.29, 0.717) is 28.5 Å². The molecule has 0 saturated carbocycles. The number of Topliss-reactive ketones (excluding diaryl/α,β-unsaturated/α-hetero) is 1. The zero-order valence-electron chi connectivity index (χ0n) is 18.7. The monoisotopic (exact) mass is 477 g/mol. The van der Waals surface area contributed by atoms with E-state index in [2.05, 4.69) is 24.8 Å². The smallest absolute Gasteiger partial charge is 0.192 e. The molecule has 1 aliphatic rings. The van der Waals surface area contributed by atoms with Gasteiger partial charge in [0.1, 0.15) is 11.4 Å². The SMILES string of the molecule is CC(=O)C1CCCN1c1cc2[nH]c(-c3ccccn3)nc2cc1Oc1ccc(S(C)(=O)=O)nc1. The number of pyridine rings is 2. The predicted molar refractivity (Wildman–Crippen MR) is 128 cm³/mol. The number of anilines is 1. The Morgan fingerprint density at radius 2 is 2.03 bits per heavy atom. The van der Waals surface area contributed by atoms with Gasteiger partial charge >= 0.3 is 0 Å². The van der Waals surface area contributed by atoms with Crippen LogP contribution in [0.5, 0.6) is 11.5 Å². The summed E-state index contributed by atoms with van der Waals surface area (Å²) in [5.74, 6) is 1.62. The molecule has 0 amide bonds. The molecular formula is C24H23N5O4S. The van der Waals surface area contributed by atoms with E-state index in [1.165, 1.54) is 12.3 Å².